The molecule has 0 fully saturated rings. The van der Waals surface area contributed by atoms with Gasteiger partial charge in [-0.1, -0.05) is 51.8 Å². The summed E-state index contributed by atoms with van der Waals surface area (Å²) in [6.07, 6.45) is 0. The van der Waals surface area contributed by atoms with Gasteiger partial charge >= 0.3 is 0 Å². The molecule has 0 bridgehead atoms. The molecule has 5 rings (SSSR count). The highest BCUT2D eigenvalue weighted by Crippen LogP contribution is 2.26. The summed E-state index contributed by atoms with van der Waals surface area (Å²) in [4.78, 5) is 9.20. The summed E-state index contributed by atoms with van der Waals surface area (Å²) in [6.45, 7) is 8.32. The van der Waals surface area contributed by atoms with Gasteiger partial charge in [-0.15, -0.1) is 5.10 Å². The number of nitrogens with zero attached hydrogens (tertiary/aromatic N) is 6. The lowest BCUT2D eigenvalue weighted by molar-refractivity contribution is 0.430. The Morgan fingerprint density at radius 3 is 2.31 bits per heavy atom. The summed E-state index contributed by atoms with van der Waals surface area (Å²) in [5, 5.41) is 12.7. The standard InChI is InChI=1S/C24H22N6O2/c1-14-7-5-9-18(11-14)22-26-24(32-28-22)21-16(3)30(29-27-21)13-20-17(4)31-23(25-20)19-10-6-8-15(2)12-19/h5-12H,13H2,1-4H3. The minimum Gasteiger partial charge on any atom is -0.441 e. The third-order valence-corrected chi connectivity index (χ3v) is 5.34. The fourth-order valence-electron chi connectivity index (χ4n) is 3.55. The van der Waals surface area contributed by atoms with E-state index in [9.17, 15) is 0 Å². The number of benzene rings is 2. The molecule has 0 amide bonds. The van der Waals surface area contributed by atoms with Crippen LogP contribution in [0.3, 0.4) is 0 Å². The second kappa shape index (κ2) is 7.88. The van der Waals surface area contributed by atoms with Crippen molar-refractivity contribution >= 4 is 0 Å². The molecule has 3 heterocycles. The van der Waals surface area contributed by atoms with E-state index in [1.165, 1.54) is 0 Å². The average molecular weight is 426 g/mol. The van der Waals surface area contributed by atoms with Gasteiger partial charge in [0.15, 0.2) is 5.69 Å². The molecule has 2 aromatic carbocycles. The molecular weight excluding hydrogens is 404 g/mol. The van der Waals surface area contributed by atoms with Crippen molar-refractivity contribution in [2.24, 2.45) is 0 Å². The molecule has 0 atom stereocenters. The fourth-order valence-corrected chi connectivity index (χ4v) is 3.55. The molecule has 0 saturated heterocycles. The second-order valence-corrected chi connectivity index (χ2v) is 7.87. The van der Waals surface area contributed by atoms with E-state index in [0.29, 0.717) is 29.8 Å². The zero-order chi connectivity index (χ0) is 22.2. The van der Waals surface area contributed by atoms with Crippen molar-refractivity contribution < 1.29 is 8.94 Å². The number of aryl methyl sites for hydroxylation is 3. The van der Waals surface area contributed by atoms with E-state index >= 15 is 0 Å². The van der Waals surface area contributed by atoms with Crippen LogP contribution in [-0.4, -0.2) is 30.1 Å². The van der Waals surface area contributed by atoms with Crippen molar-refractivity contribution in [1.82, 2.24) is 30.1 Å². The number of aromatic nitrogens is 6. The minimum absolute atomic E-state index is 0.336. The summed E-state index contributed by atoms with van der Waals surface area (Å²) >= 11 is 0. The fraction of sp³-hybridized carbons (Fsp3) is 0.208. The highest BCUT2D eigenvalue weighted by Gasteiger charge is 2.20. The van der Waals surface area contributed by atoms with Gasteiger partial charge < -0.3 is 8.94 Å². The maximum absolute atomic E-state index is 5.91. The van der Waals surface area contributed by atoms with Crippen molar-refractivity contribution in [3.05, 3.63) is 76.8 Å². The van der Waals surface area contributed by atoms with Crippen molar-refractivity contribution in [3.63, 3.8) is 0 Å². The Morgan fingerprint density at radius 1 is 0.844 bits per heavy atom. The smallest absolute Gasteiger partial charge is 0.280 e. The van der Waals surface area contributed by atoms with E-state index in [2.05, 4.69) is 31.5 Å². The third kappa shape index (κ3) is 3.71. The zero-order valence-electron chi connectivity index (χ0n) is 18.3. The van der Waals surface area contributed by atoms with Crippen LogP contribution in [0.1, 0.15) is 28.3 Å². The number of hydrogen-bond donors (Lipinski definition) is 0. The molecule has 0 saturated carbocycles. The van der Waals surface area contributed by atoms with E-state index in [-0.39, 0.29) is 0 Å². The Labute approximate surface area is 184 Å². The Morgan fingerprint density at radius 2 is 1.56 bits per heavy atom. The van der Waals surface area contributed by atoms with E-state index in [4.69, 9.17) is 8.94 Å². The largest absolute Gasteiger partial charge is 0.441 e. The zero-order valence-corrected chi connectivity index (χ0v) is 18.3. The molecule has 0 aliphatic heterocycles. The van der Waals surface area contributed by atoms with Crippen LogP contribution >= 0.6 is 0 Å². The first-order valence-corrected chi connectivity index (χ1v) is 10.3. The first-order valence-electron chi connectivity index (χ1n) is 10.3. The van der Waals surface area contributed by atoms with Gasteiger partial charge in [-0.2, -0.15) is 4.98 Å². The van der Waals surface area contributed by atoms with E-state index < -0.39 is 0 Å². The summed E-state index contributed by atoms with van der Waals surface area (Å²) in [5.41, 5.74) is 6.29. The molecular formula is C24H22N6O2. The van der Waals surface area contributed by atoms with Crippen LogP contribution in [0.2, 0.25) is 0 Å². The van der Waals surface area contributed by atoms with Crippen molar-refractivity contribution in [2.45, 2.75) is 34.2 Å². The van der Waals surface area contributed by atoms with Gasteiger partial charge in [0, 0.05) is 11.1 Å². The normalized spacial score (nSPS) is 11.2. The van der Waals surface area contributed by atoms with Crippen LogP contribution in [0, 0.1) is 27.7 Å². The Kier molecular flexibility index (Phi) is 4.89. The van der Waals surface area contributed by atoms with E-state index in [0.717, 1.165) is 39.4 Å². The lowest BCUT2D eigenvalue weighted by Crippen LogP contribution is -2.05. The first-order chi connectivity index (χ1) is 15.5. The molecule has 5 aromatic rings. The number of oxazole rings is 1. The van der Waals surface area contributed by atoms with Gasteiger partial charge in [-0.25, -0.2) is 9.67 Å². The molecule has 0 N–H and O–H groups in total. The number of hydrogen-bond acceptors (Lipinski definition) is 7. The second-order valence-electron chi connectivity index (χ2n) is 7.87. The Bertz CT molecular complexity index is 1410. The summed E-state index contributed by atoms with van der Waals surface area (Å²) in [5.74, 6) is 2.20. The lowest BCUT2D eigenvalue weighted by Gasteiger charge is -2.00. The highest BCUT2D eigenvalue weighted by atomic mass is 16.5. The maximum Gasteiger partial charge on any atom is 0.280 e. The predicted octanol–water partition coefficient (Wildman–Crippen LogP) is 4.93. The molecule has 0 aliphatic rings. The monoisotopic (exact) mass is 426 g/mol. The minimum atomic E-state index is 0.336. The Balaban J connectivity index is 1.41. The highest BCUT2D eigenvalue weighted by molar-refractivity contribution is 5.59. The van der Waals surface area contributed by atoms with E-state index in [1.807, 2.05) is 70.2 Å². The quantitative estimate of drug-likeness (QED) is 0.393. The number of rotatable bonds is 5. The van der Waals surface area contributed by atoms with Crippen LogP contribution in [0.5, 0.6) is 0 Å². The van der Waals surface area contributed by atoms with E-state index in [1.54, 1.807) is 4.68 Å². The van der Waals surface area contributed by atoms with Crippen molar-refractivity contribution in [2.75, 3.05) is 0 Å². The summed E-state index contributed by atoms with van der Waals surface area (Å²) in [7, 11) is 0. The van der Waals surface area contributed by atoms with Crippen LogP contribution in [0.4, 0.5) is 0 Å². The van der Waals surface area contributed by atoms with Gasteiger partial charge in [-0.05, 0) is 45.9 Å². The van der Waals surface area contributed by atoms with Crippen LogP contribution in [0.25, 0.3) is 34.4 Å². The van der Waals surface area contributed by atoms with Crippen molar-refractivity contribution in [3.8, 4) is 34.4 Å². The third-order valence-electron chi connectivity index (χ3n) is 5.34. The molecule has 0 radical (unpaired) electrons. The van der Waals surface area contributed by atoms with Gasteiger partial charge in [0.05, 0.1) is 12.2 Å². The molecule has 160 valence electrons. The predicted molar refractivity (Wildman–Crippen MR) is 119 cm³/mol. The molecule has 32 heavy (non-hydrogen) atoms. The van der Waals surface area contributed by atoms with Gasteiger partial charge in [-0.3, -0.25) is 0 Å². The molecule has 8 heteroatoms. The summed E-state index contributed by atoms with van der Waals surface area (Å²) in [6, 6.07) is 16.0. The lowest BCUT2D eigenvalue weighted by atomic mass is 10.1. The van der Waals surface area contributed by atoms with Crippen LogP contribution < -0.4 is 0 Å². The Hall–Kier alpha value is -4.07. The molecule has 3 aromatic heterocycles. The molecule has 8 nitrogen and oxygen atoms in total. The molecule has 0 spiro atoms. The SMILES string of the molecule is Cc1cccc(-c2noc(-c3nnn(Cc4nc(-c5cccc(C)c5)oc4C)c3C)n2)c1. The first kappa shape index (κ1) is 19.9. The molecule has 0 aliphatic carbocycles. The topological polar surface area (TPSA) is 95.7 Å². The van der Waals surface area contributed by atoms with Crippen LogP contribution in [0.15, 0.2) is 57.5 Å². The van der Waals surface area contributed by atoms with Crippen molar-refractivity contribution in [1.29, 1.82) is 0 Å². The van der Waals surface area contributed by atoms with Gasteiger partial charge in [0.2, 0.25) is 11.7 Å². The molecule has 0 unspecified atom stereocenters. The van der Waals surface area contributed by atoms with Gasteiger partial charge in [0.25, 0.3) is 5.89 Å². The van der Waals surface area contributed by atoms with Crippen LogP contribution in [-0.2, 0) is 6.54 Å². The maximum atomic E-state index is 5.91. The van der Waals surface area contributed by atoms with Gasteiger partial charge in [0.1, 0.15) is 11.5 Å². The summed E-state index contributed by atoms with van der Waals surface area (Å²) < 4.78 is 13.1. The average Bonchev–Trinajstić information content (AvgIpc) is 3.48.